The summed E-state index contributed by atoms with van der Waals surface area (Å²) in [6, 6.07) is 29.2. The van der Waals surface area contributed by atoms with Crippen molar-refractivity contribution in [2.24, 2.45) is 0 Å². The van der Waals surface area contributed by atoms with E-state index in [9.17, 15) is 4.79 Å². The van der Waals surface area contributed by atoms with Crippen molar-refractivity contribution in [1.29, 1.82) is 0 Å². The number of carbonyl (C=O) groups excluding carboxylic acids is 1. The Hall–Kier alpha value is -5.02. The van der Waals surface area contributed by atoms with E-state index in [1.807, 2.05) is 91.0 Å². The minimum Gasteiger partial charge on any atom is -0.497 e. The van der Waals surface area contributed by atoms with E-state index < -0.39 is 0 Å². The summed E-state index contributed by atoms with van der Waals surface area (Å²) >= 11 is 5.39. The standard InChI is InChI=1S/C34H32N2O6S/c1-38-28-15-10-26(11-16-28)36(27-12-17-29(39-2)18-13-27)25-8-5-23(6-9-25)21-32-33(37)35(34(43)42-32)20-19-24-7-14-30(40-3)22-31(24)41-4/h5-18,21-22H,19-20H2,1-4H3. The fourth-order valence-electron chi connectivity index (χ4n) is 4.76. The highest BCUT2D eigenvalue weighted by Crippen LogP contribution is 2.36. The number of amides is 1. The molecule has 1 saturated heterocycles. The molecule has 4 aromatic carbocycles. The second kappa shape index (κ2) is 13.3. The van der Waals surface area contributed by atoms with Crippen LogP contribution in [-0.2, 0) is 16.0 Å². The lowest BCUT2D eigenvalue weighted by Gasteiger charge is -2.26. The molecule has 0 saturated carbocycles. The molecule has 0 N–H and O–H groups in total. The quantitative estimate of drug-likeness (QED) is 0.137. The molecule has 5 rings (SSSR count). The highest BCUT2D eigenvalue weighted by atomic mass is 32.1. The monoisotopic (exact) mass is 596 g/mol. The first-order chi connectivity index (χ1) is 20.9. The average molecular weight is 597 g/mol. The van der Waals surface area contributed by atoms with Gasteiger partial charge in [-0.25, -0.2) is 0 Å². The maximum atomic E-state index is 13.2. The van der Waals surface area contributed by atoms with Crippen LogP contribution in [0.15, 0.2) is 96.8 Å². The summed E-state index contributed by atoms with van der Waals surface area (Å²) in [4.78, 5) is 16.8. The van der Waals surface area contributed by atoms with E-state index in [1.54, 1.807) is 34.5 Å². The number of hydrogen-bond acceptors (Lipinski definition) is 8. The number of thiocarbonyl (C=S) groups is 1. The van der Waals surface area contributed by atoms with Gasteiger partial charge in [0, 0.05) is 29.7 Å². The molecule has 0 spiro atoms. The van der Waals surface area contributed by atoms with E-state index in [-0.39, 0.29) is 16.8 Å². The van der Waals surface area contributed by atoms with E-state index in [1.165, 1.54) is 4.90 Å². The average Bonchev–Trinajstić information content (AvgIpc) is 3.32. The maximum absolute atomic E-state index is 13.2. The van der Waals surface area contributed by atoms with Gasteiger partial charge < -0.3 is 28.6 Å². The molecule has 0 aliphatic carbocycles. The summed E-state index contributed by atoms with van der Waals surface area (Å²) < 4.78 is 27.2. The summed E-state index contributed by atoms with van der Waals surface area (Å²) in [7, 11) is 6.50. The highest BCUT2D eigenvalue weighted by molar-refractivity contribution is 7.80. The van der Waals surface area contributed by atoms with Gasteiger partial charge in [0.25, 0.3) is 11.1 Å². The van der Waals surface area contributed by atoms with E-state index in [4.69, 9.17) is 35.9 Å². The smallest absolute Gasteiger partial charge is 0.297 e. The molecule has 43 heavy (non-hydrogen) atoms. The minimum absolute atomic E-state index is 0.130. The Morgan fingerprint density at radius 1 is 0.721 bits per heavy atom. The zero-order chi connectivity index (χ0) is 30.3. The lowest BCUT2D eigenvalue weighted by atomic mass is 10.1. The molecule has 220 valence electrons. The maximum Gasteiger partial charge on any atom is 0.297 e. The number of carbonyl (C=O) groups is 1. The molecule has 1 amide bonds. The fraction of sp³-hybridized carbons (Fsp3) is 0.176. The van der Waals surface area contributed by atoms with E-state index in [2.05, 4.69) is 4.90 Å². The van der Waals surface area contributed by atoms with E-state index >= 15 is 0 Å². The molecule has 0 atom stereocenters. The summed E-state index contributed by atoms with van der Waals surface area (Å²) in [5.74, 6) is 2.84. The third kappa shape index (κ3) is 6.57. The zero-order valence-electron chi connectivity index (χ0n) is 24.4. The predicted molar refractivity (Wildman–Crippen MR) is 171 cm³/mol. The second-order valence-corrected chi connectivity index (χ2v) is 9.93. The largest absolute Gasteiger partial charge is 0.497 e. The van der Waals surface area contributed by atoms with Gasteiger partial charge >= 0.3 is 0 Å². The van der Waals surface area contributed by atoms with Gasteiger partial charge in [0.1, 0.15) is 23.0 Å². The van der Waals surface area contributed by atoms with Crippen molar-refractivity contribution in [2.75, 3.05) is 39.9 Å². The summed E-state index contributed by atoms with van der Waals surface area (Å²) in [6.45, 7) is 0.356. The first kappa shape index (κ1) is 29.5. The molecule has 0 bridgehead atoms. The van der Waals surface area contributed by atoms with Crippen molar-refractivity contribution in [2.45, 2.75) is 6.42 Å². The lowest BCUT2D eigenvalue weighted by Crippen LogP contribution is -2.30. The SMILES string of the molecule is COc1ccc(N(c2ccc(C=C3OC(=S)N(CCc4ccc(OC)cc4OC)C3=O)cc2)c2ccc(OC)cc2)cc1. The van der Waals surface area contributed by atoms with Crippen molar-refractivity contribution in [3.8, 4) is 23.0 Å². The van der Waals surface area contributed by atoms with Crippen LogP contribution >= 0.6 is 12.2 Å². The Morgan fingerprint density at radius 2 is 1.23 bits per heavy atom. The second-order valence-electron chi connectivity index (χ2n) is 9.58. The van der Waals surface area contributed by atoms with Gasteiger partial charge in [-0.1, -0.05) is 18.2 Å². The number of benzene rings is 4. The van der Waals surface area contributed by atoms with Gasteiger partial charge in [-0.15, -0.1) is 0 Å². The molecule has 0 aromatic heterocycles. The molecule has 8 nitrogen and oxygen atoms in total. The molecule has 1 aliphatic heterocycles. The van der Waals surface area contributed by atoms with Crippen LogP contribution in [0, 0.1) is 0 Å². The van der Waals surface area contributed by atoms with Crippen LogP contribution in [-0.4, -0.2) is 51.0 Å². The Balaban J connectivity index is 1.34. The van der Waals surface area contributed by atoms with Gasteiger partial charge in [-0.05, 0) is 103 Å². The summed E-state index contributed by atoms with van der Waals surface area (Å²) in [5, 5.41) is 0.130. The van der Waals surface area contributed by atoms with E-state index in [0.29, 0.717) is 24.5 Å². The number of hydrogen-bond donors (Lipinski definition) is 0. The number of methoxy groups -OCH3 is 4. The molecule has 0 radical (unpaired) electrons. The normalized spacial score (nSPS) is 13.6. The number of ether oxygens (including phenoxy) is 5. The number of rotatable bonds is 11. The first-order valence-electron chi connectivity index (χ1n) is 13.6. The van der Waals surface area contributed by atoms with Crippen LogP contribution in [0.3, 0.4) is 0 Å². The Morgan fingerprint density at radius 3 is 1.74 bits per heavy atom. The topological polar surface area (TPSA) is 69.7 Å². The van der Waals surface area contributed by atoms with Crippen molar-refractivity contribution >= 4 is 46.4 Å². The van der Waals surface area contributed by atoms with Crippen LogP contribution in [0.5, 0.6) is 23.0 Å². The van der Waals surface area contributed by atoms with Crippen molar-refractivity contribution in [3.63, 3.8) is 0 Å². The minimum atomic E-state index is -0.278. The van der Waals surface area contributed by atoms with Crippen molar-refractivity contribution in [1.82, 2.24) is 4.90 Å². The van der Waals surface area contributed by atoms with E-state index in [0.717, 1.165) is 39.7 Å². The number of nitrogens with zero attached hydrogens (tertiary/aromatic N) is 2. The summed E-state index contributed by atoms with van der Waals surface area (Å²) in [5.41, 5.74) is 4.59. The molecule has 9 heteroatoms. The fourth-order valence-corrected chi connectivity index (χ4v) is 5.03. The van der Waals surface area contributed by atoms with Crippen molar-refractivity contribution < 1.29 is 28.5 Å². The Labute approximate surface area is 256 Å². The molecule has 0 unspecified atom stereocenters. The first-order valence-corrected chi connectivity index (χ1v) is 14.0. The molecule has 1 fully saturated rings. The molecular weight excluding hydrogens is 564 g/mol. The highest BCUT2D eigenvalue weighted by Gasteiger charge is 2.33. The Bertz CT molecular complexity index is 1570. The predicted octanol–water partition coefficient (Wildman–Crippen LogP) is 6.92. The van der Waals surface area contributed by atoms with Gasteiger partial charge in [-0.2, -0.15) is 0 Å². The molecule has 1 aliphatic rings. The Kier molecular flexibility index (Phi) is 9.12. The van der Waals surface area contributed by atoms with Crippen LogP contribution in [0.25, 0.3) is 6.08 Å². The third-order valence-corrected chi connectivity index (χ3v) is 7.39. The zero-order valence-corrected chi connectivity index (χ0v) is 25.2. The van der Waals surface area contributed by atoms with Gasteiger partial charge in [-0.3, -0.25) is 9.69 Å². The van der Waals surface area contributed by atoms with Crippen LogP contribution in [0.4, 0.5) is 17.1 Å². The molecule has 4 aromatic rings. The van der Waals surface area contributed by atoms with Crippen LogP contribution in [0.1, 0.15) is 11.1 Å². The molecule has 1 heterocycles. The number of anilines is 3. The van der Waals surface area contributed by atoms with Crippen molar-refractivity contribution in [3.05, 3.63) is 108 Å². The molecular formula is C34H32N2O6S. The lowest BCUT2D eigenvalue weighted by molar-refractivity contribution is -0.122. The van der Waals surface area contributed by atoms with Crippen LogP contribution in [0.2, 0.25) is 0 Å². The summed E-state index contributed by atoms with van der Waals surface area (Å²) in [6.07, 6.45) is 2.24. The van der Waals surface area contributed by atoms with Gasteiger partial charge in [0.2, 0.25) is 0 Å². The van der Waals surface area contributed by atoms with Gasteiger partial charge in [0.05, 0.1) is 28.4 Å². The van der Waals surface area contributed by atoms with Crippen LogP contribution < -0.4 is 23.8 Å². The third-order valence-electron chi connectivity index (χ3n) is 7.08. The van der Waals surface area contributed by atoms with Gasteiger partial charge in [0.15, 0.2) is 5.76 Å².